The van der Waals surface area contributed by atoms with Crippen LogP contribution in [0.4, 0.5) is 0 Å². The summed E-state index contributed by atoms with van der Waals surface area (Å²) in [6.07, 6.45) is 1.93. The van der Waals surface area contributed by atoms with E-state index < -0.39 is 0 Å². The molecule has 30 heavy (non-hydrogen) atoms. The molecule has 0 bridgehead atoms. The number of nitrogens with zero attached hydrogens (tertiary/aromatic N) is 3. The lowest BCUT2D eigenvalue weighted by molar-refractivity contribution is 0.0738. The molecule has 1 aliphatic heterocycles. The summed E-state index contributed by atoms with van der Waals surface area (Å²) in [5.41, 5.74) is 5.78. The molecule has 0 radical (unpaired) electrons. The van der Waals surface area contributed by atoms with Crippen LogP contribution in [-0.2, 0) is 6.54 Å². The van der Waals surface area contributed by atoms with Crippen LogP contribution in [0.25, 0.3) is 22.4 Å². The van der Waals surface area contributed by atoms with Gasteiger partial charge in [-0.2, -0.15) is 0 Å². The van der Waals surface area contributed by atoms with Gasteiger partial charge in [0.1, 0.15) is 5.82 Å². The fraction of sp³-hybridized carbons (Fsp3) is 0.154. The van der Waals surface area contributed by atoms with Crippen LogP contribution >= 0.6 is 0 Å². The number of aromatic nitrogens is 2. The number of hydrogen-bond acceptors (Lipinski definition) is 2. The number of hydrogen-bond donors (Lipinski definition) is 0. The molecular weight excluding hydrogens is 370 g/mol. The van der Waals surface area contributed by atoms with E-state index in [1.165, 1.54) is 0 Å². The molecule has 4 aromatic rings. The van der Waals surface area contributed by atoms with Crippen molar-refractivity contribution < 1.29 is 4.79 Å². The number of para-hydroxylation sites is 1. The minimum Gasteiger partial charge on any atom is -0.332 e. The molecule has 4 nitrogen and oxygen atoms in total. The molecule has 1 atom stereocenters. The highest BCUT2D eigenvalue weighted by atomic mass is 16.2. The van der Waals surface area contributed by atoms with Crippen molar-refractivity contribution in [1.82, 2.24) is 14.5 Å². The van der Waals surface area contributed by atoms with Gasteiger partial charge in [0.15, 0.2) is 0 Å². The van der Waals surface area contributed by atoms with Crippen LogP contribution in [-0.4, -0.2) is 26.9 Å². The summed E-state index contributed by atoms with van der Waals surface area (Å²) in [6.45, 7) is 7.31. The number of carbonyl (C=O) groups excluding carboxylic acids is 1. The summed E-state index contributed by atoms with van der Waals surface area (Å²) in [6, 6.07) is 24.1. The first-order chi connectivity index (χ1) is 14.7. The third-order valence-electron chi connectivity index (χ3n) is 5.84. The maximum absolute atomic E-state index is 13.6. The summed E-state index contributed by atoms with van der Waals surface area (Å²) < 4.78 is 2.20. The van der Waals surface area contributed by atoms with E-state index >= 15 is 0 Å². The number of aryl methyl sites for hydroxylation is 1. The standard InChI is InChI=1S/C26H23N3O/c1-3-20-17-28(16-19-11-5-4-6-12-19)26(30)22-14-9-15-23-24(22)29(20)25(27-23)21-13-8-7-10-18(21)2/h3-15,20H,1,16-17H2,2H3/t20-/m0/s1. The maximum atomic E-state index is 13.6. The highest BCUT2D eigenvalue weighted by Crippen LogP contribution is 2.35. The molecule has 5 rings (SSSR count). The Hall–Kier alpha value is -3.66. The lowest BCUT2D eigenvalue weighted by Crippen LogP contribution is -2.33. The lowest BCUT2D eigenvalue weighted by Gasteiger charge is -2.25. The zero-order valence-electron chi connectivity index (χ0n) is 17.0. The van der Waals surface area contributed by atoms with Crippen molar-refractivity contribution in [2.45, 2.75) is 19.5 Å². The molecule has 3 aromatic carbocycles. The Labute approximate surface area is 176 Å². The van der Waals surface area contributed by atoms with Crippen molar-refractivity contribution in [3.8, 4) is 11.4 Å². The van der Waals surface area contributed by atoms with E-state index in [1.54, 1.807) is 0 Å². The normalized spacial score (nSPS) is 16.0. The van der Waals surface area contributed by atoms with Crippen molar-refractivity contribution in [1.29, 1.82) is 0 Å². The second-order valence-corrected chi connectivity index (χ2v) is 7.77. The van der Waals surface area contributed by atoms with Crippen molar-refractivity contribution in [2.24, 2.45) is 0 Å². The van der Waals surface area contributed by atoms with Crippen molar-refractivity contribution in [3.63, 3.8) is 0 Å². The van der Waals surface area contributed by atoms with Gasteiger partial charge in [0, 0.05) is 18.7 Å². The monoisotopic (exact) mass is 393 g/mol. The smallest absolute Gasteiger partial charge is 0.256 e. The van der Waals surface area contributed by atoms with Crippen LogP contribution in [0.3, 0.4) is 0 Å². The Bertz CT molecular complexity index is 1260. The molecule has 0 fully saturated rings. The van der Waals surface area contributed by atoms with Crippen molar-refractivity contribution in [3.05, 3.63) is 102 Å². The Balaban J connectivity index is 1.71. The van der Waals surface area contributed by atoms with Gasteiger partial charge < -0.3 is 9.47 Å². The van der Waals surface area contributed by atoms with E-state index in [4.69, 9.17) is 4.98 Å². The highest BCUT2D eigenvalue weighted by molar-refractivity contribution is 6.06. The Morgan fingerprint density at radius 2 is 1.73 bits per heavy atom. The van der Waals surface area contributed by atoms with Gasteiger partial charge in [-0.1, -0.05) is 66.7 Å². The topological polar surface area (TPSA) is 38.1 Å². The van der Waals surface area contributed by atoms with Crippen LogP contribution in [0, 0.1) is 6.92 Å². The van der Waals surface area contributed by atoms with E-state index in [1.807, 2.05) is 59.5 Å². The third kappa shape index (κ3) is 2.92. The van der Waals surface area contributed by atoms with Crippen LogP contribution < -0.4 is 0 Å². The van der Waals surface area contributed by atoms with Gasteiger partial charge in [-0.05, 0) is 30.2 Å². The predicted octanol–water partition coefficient (Wildman–Crippen LogP) is 5.39. The molecule has 0 N–H and O–H groups in total. The molecule has 0 saturated carbocycles. The Morgan fingerprint density at radius 1 is 1.00 bits per heavy atom. The van der Waals surface area contributed by atoms with Gasteiger partial charge in [-0.15, -0.1) is 6.58 Å². The molecular formula is C26H23N3O. The van der Waals surface area contributed by atoms with Gasteiger partial charge >= 0.3 is 0 Å². The average molecular weight is 393 g/mol. The number of imidazole rings is 1. The lowest BCUT2D eigenvalue weighted by atomic mass is 10.1. The van der Waals surface area contributed by atoms with Gasteiger partial charge in [0.25, 0.3) is 5.91 Å². The molecule has 0 spiro atoms. The van der Waals surface area contributed by atoms with Gasteiger partial charge in [0.2, 0.25) is 0 Å². The maximum Gasteiger partial charge on any atom is 0.256 e. The van der Waals surface area contributed by atoms with E-state index in [0.717, 1.165) is 33.5 Å². The minimum absolute atomic E-state index is 0.0336. The summed E-state index contributed by atoms with van der Waals surface area (Å²) in [4.78, 5) is 20.4. The summed E-state index contributed by atoms with van der Waals surface area (Å²) in [5, 5.41) is 0. The van der Waals surface area contributed by atoms with Crippen molar-refractivity contribution in [2.75, 3.05) is 6.54 Å². The number of rotatable bonds is 4. The van der Waals surface area contributed by atoms with Crippen molar-refractivity contribution >= 4 is 16.9 Å². The van der Waals surface area contributed by atoms with E-state index in [0.29, 0.717) is 18.7 Å². The fourth-order valence-corrected chi connectivity index (χ4v) is 4.34. The molecule has 1 aromatic heterocycles. The van der Waals surface area contributed by atoms with Gasteiger partial charge in [0.05, 0.1) is 22.6 Å². The van der Waals surface area contributed by atoms with E-state index in [2.05, 4.69) is 42.3 Å². The molecule has 2 heterocycles. The molecule has 0 aliphatic carbocycles. The minimum atomic E-state index is -0.0686. The number of carbonyl (C=O) groups is 1. The molecule has 4 heteroatoms. The Morgan fingerprint density at radius 3 is 2.50 bits per heavy atom. The van der Waals surface area contributed by atoms with Crippen LogP contribution in [0.1, 0.15) is 27.5 Å². The first-order valence-corrected chi connectivity index (χ1v) is 10.2. The van der Waals surface area contributed by atoms with E-state index in [-0.39, 0.29) is 11.9 Å². The molecule has 148 valence electrons. The first kappa shape index (κ1) is 18.4. The zero-order valence-corrected chi connectivity index (χ0v) is 17.0. The molecule has 0 unspecified atom stereocenters. The zero-order chi connectivity index (χ0) is 20.7. The van der Waals surface area contributed by atoms with Gasteiger partial charge in [-0.3, -0.25) is 4.79 Å². The summed E-state index contributed by atoms with van der Waals surface area (Å²) in [5.74, 6) is 0.918. The quantitative estimate of drug-likeness (QED) is 0.436. The third-order valence-corrected chi connectivity index (χ3v) is 5.84. The fourth-order valence-electron chi connectivity index (χ4n) is 4.34. The Kier molecular flexibility index (Phi) is 4.47. The van der Waals surface area contributed by atoms with Crippen LogP contribution in [0.2, 0.25) is 0 Å². The summed E-state index contributed by atoms with van der Waals surface area (Å²) >= 11 is 0. The summed E-state index contributed by atoms with van der Waals surface area (Å²) in [7, 11) is 0. The number of benzene rings is 3. The molecule has 1 amide bonds. The highest BCUT2D eigenvalue weighted by Gasteiger charge is 2.31. The van der Waals surface area contributed by atoms with Gasteiger partial charge in [-0.25, -0.2) is 4.98 Å². The molecule has 1 aliphatic rings. The van der Waals surface area contributed by atoms with Crippen LogP contribution in [0.15, 0.2) is 85.5 Å². The average Bonchev–Trinajstić information content (AvgIpc) is 3.11. The predicted molar refractivity (Wildman–Crippen MR) is 120 cm³/mol. The molecule has 0 saturated heterocycles. The van der Waals surface area contributed by atoms with E-state index in [9.17, 15) is 4.79 Å². The van der Waals surface area contributed by atoms with Crippen LogP contribution in [0.5, 0.6) is 0 Å². The number of amides is 1. The first-order valence-electron chi connectivity index (χ1n) is 10.2. The second kappa shape index (κ2) is 7.30. The SMILES string of the molecule is C=C[C@H]1CN(Cc2ccccc2)C(=O)c2cccc3nc(-c4ccccc4C)n1c23. The second-order valence-electron chi connectivity index (χ2n) is 7.77. The largest absolute Gasteiger partial charge is 0.332 e.